The number of aliphatic hydroxyl groups excluding tert-OH is 1. The number of nitrogens with one attached hydrogen (secondary N) is 1. The molecule has 0 atom stereocenters. The lowest BCUT2D eigenvalue weighted by atomic mass is 10.1. The van der Waals surface area contributed by atoms with E-state index in [0.29, 0.717) is 19.7 Å². The van der Waals surface area contributed by atoms with Crippen LogP contribution in [0.2, 0.25) is 0 Å². The van der Waals surface area contributed by atoms with E-state index in [1.807, 2.05) is 32.0 Å². The molecule has 1 rings (SSSR count). The number of carbonyl (C=O) groups is 1. The summed E-state index contributed by atoms with van der Waals surface area (Å²) in [5.74, 6) is 0. The number of urea groups is 1. The number of rotatable bonds is 6. The maximum atomic E-state index is 12.1. The van der Waals surface area contributed by atoms with Crippen LogP contribution in [0.25, 0.3) is 0 Å². The van der Waals surface area contributed by atoms with Crippen molar-refractivity contribution in [1.82, 2.24) is 4.90 Å². The molecule has 2 amide bonds. The molecule has 0 saturated carbocycles. The number of nitrogens with zero attached hydrogens (tertiary/aromatic N) is 1. The number of carbonyl (C=O) groups excluding carboxylic acids is 1. The van der Waals surface area contributed by atoms with Gasteiger partial charge in [-0.3, -0.25) is 0 Å². The van der Waals surface area contributed by atoms with Gasteiger partial charge in [0.05, 0.1) is 13.2 Å². The van der Waals surface area contributed by atoms with Gasteiger partial charge >= 0.3 is 6.03 Å². The molecular weight excluding hydrogens is 244 g/mol. The molecule has 0 spiro atoms. The molecule has 0 radical (unpaired) electrons. The van der Waals surface area contributed by atoms with Gasteiger partial charge in [0.15, 0.2) is 0 Å². The second-order valence-electron chi connectivity index (χ2n) is 4.45. The Balaban J connectivity index is 2.71. The van der Waals surface area contributed by atoms with Gasteiger partial charge in [-0.2, -0.15) is 0 Å². The van der Waals surface area contributed by atoms with Crippen molar-refractivity contribution in [2.24, 2.45) is 0 Å². The number of aryl methyl sites for hydroxylation is 2. The first-order valence-corrected chi connectivity index (χ1v) is 6.31. The fourth-order valence-electron chi connectivity index (χ4n) is 1.70. The monoisotopic (exact) mass is 266 g/mol. The summed E-state index contributed by atoms with van der Waals surface area (Å²) >= 11 is 0. The van der Waals surface area contributed by atoms with E-state index in [1.54, 1.807) is 7.11 Å². The van der Waals surface area contributed by atoms with E-state index in [9.17, 15) is 4.79 Å². The molecule has 106 valence electrons. The minimum Gasteiger partial charge on any atom is -0.395 e. The molecule has 0 saturated heterocycles. The van der Waals surface area contributed by atoms with Crippen LogP contribution in [0.1, 0.15) is 11.1 Å². The summed E-state index contributed by atoms with van der Waals surface area (Å²) in [6.07, 6.45) is 0. The highest BCUT2D eigenvalue weighted by molar-refractivity contribution is 5.90. The second kappa shape index (κ2) is 7.76. The van der Waals surface area contributed by atoms with Crippen molar-refractivity contribution < 1.29 is 14.6 Å². The van der Waals surface area contributed by atoms with Gasteiger partial charge in [-0.1, -0.05) is 12.1 Å². The average molecular weight is 266 g/mol. The molecule has 19 heavy (non-hydrogen) atoms. The Labute approximate surface area is 114 Å². The number of benzene rings is 1. The van der Waals surface area contributed by atoms with E-state index in [1.165, 1.54) is 4.90 Å². The molecule has 5 heteroatoms. The predicted octanol–water partition coefficient (Wildman–Crippen LogP) is 1.78. The summed E-state index contributed by atoms with van der Waals surface area (Å²) in [6.45, 7) is 5.05. The van der Waals surface area contributed by atoms with Crippen LogP contribution in [0.15, 0.2) is 18.2 Å². The number of ether oxygens (including phenoxy) is 1. The molecule has 0 aliphatic carbocycles. The normalized spacial score (nSPS) is 10.3. The van der Waals surface area contributed by atoms with Crippen molar-refractivity contribution in [2.75, 3.05) is 38.7 Å². The average Bonchev–Trinajstić information content (AvgIpc) is 2.38. The van der Waals surface area contributed by atoms with E-state index >= 15 is 0 Å². The molecule has 0 aliphatic rings. The highest BCUT2D eigenvalue weighted by atomic mass is 16.5. The lowest BCUT2D eigenvalue weighted by Gasteiger charge is -2.22. The SMILES string of the molecule is COCCN(CCO)C(=O)Nc1cc(C)ccc1C. The van der Waals surface area contributed by atoms with Gasteiger partial charge in [0.2, 0.25) is 0 Å². The van der Waals surface area contributed by atoms with Crippen LogP contribution in [0.5, 0.6) is 0 Å². The summed E-state index contributed by atoms with van der Waals surface area (Å²) in [6, 6.07) is 5.68. The molecule has 5 nitrogen and oxygen atoms in total. The van der Waals surface area contributed by atoms with Crippen molar-refractivity contribution >= 4 is 11.7 Å². The largest absolute Gasteiger partial charge is 0.395 e. The Kier molecular flexibility index (Phi) is 6.32. The Bertz CT molecular complexity index is 421. The molecule has 0 aliphatic heterocycles. The Morgan fingerprint density at radius 1 is 1.37 bits per heavy atom. The first-order chi connectivity index (χ1) is 9.08. The van der Waals surface area contributed by atoms with Gasteiger partial charge in [-0.05, 0) is 31.0 Å². The van der Waals surface area contributed by atoms with E-state index < -0.39 is 0 Å². The lowest BCUT2D eigenvalue weighted by molar-refractivity contribution is 0.142. The molecule has 0 bridgehead atoms. The zero-order valence-electron chi connectivity index (χ0n) is 11.8. The highest BCUT2D eigenvalue weighted by Crippen LogP contribution is 2.16. The first-order valence-electron chi connectivity index (χ1n) is 6.31. The minimum atomic E-state index is -0.222. The standard InChI is InChI=1S/C14H22N2O3/c1-11-4-5-12(2)13(10-11)15-14(18)16(6-8-17)7-9-19-3/h4-5,10,17H,6-9H2,1-3H3,(H,15,18). The van der Waals surface area contributed by atoms with E-state index in [0.717, 1.165) is 16.8 Å². The van der Waals surface area contributed by atoms with E-state index in [2.05, 4.69) is 5.32 Å². The summed E-state index contributed by atoms with van der Waals surface area (Å²) in [5, 5.41) is 11.9. The molecule has 2 N–H and O–H groups in total. The van der Waals surface area contributed by atoms with Crippen LogP contribution in [-0.4, -0.2) is 49.5 Å². The van der Waals surface area contributed by atoms with Crippen LogP contribution in [-0.2, 0) is 4.74 Å². The smallest absolute Gasteiger partial charge is 0.322 e. The first kappa shape index (κ1) is 15.5. The summed E-state index contributed by atoms with van der Waals surface area (Å²) in [4.78, 5) is 13.7. The number of hydrogen-bond donors (Lipinski definition) is 2. The maximum Gasteiger partial charge on any atom is 0.322 e. The summed E-state index contributed by atoms with van der Waals surface area (Å²) < 4.78 is 4.96. The number of anilines is 1. The molecule has 1 aromatic rings. The van der Waals surface area contributed by atoms with Crippen LogP contribution in [0.3, 0.4) is 0 Å². The number of amides is 2. The highest BCUT2D eigenvalue weighted by Gasteiger charge is 2.13. The van der Waals surface area contributed by atoms with Gasteiger partial charge in [-0.25, -0.2) is 4.79 Å². The van der Waals surface area contributed by atoms with Gasteiger partial charge in [0.1, 0.15) is 0 Å². The summed E-state index contributed by atoms with van der Waals surface area (Å²) in [7, 11) is 1.58. The van der Waals surface area contributed by atoms with E-state index in [-0.39, 0.29) is 12.6 Å². The quantitative estimate of drug-likeness (QED) is 0.825. The predicted molar refractivity (Wildman–Crippen MR) is 75.5 cm³/mol. The molecule has 1 aromatic carbocycles. The Hall–Kier alpha value is -1.59. The molecule has 0 heterocycles. The van der Waals surface area contributed by atoms with Crippen molar-refractivity contribution in [3.63, 3.8) is 0 Å². The van der Waals surface area contributed by atoms with Gasteiger partial charge < -0.3 is 20.1 Å². The number of aliphatic hydroxyl groups is 1. The second-order valence-corrected chi connectivity index (χ2v) is 4.45. The Morgan fingerprint density at radius 2 is 2.11 bits per heavy atom. The van der Waals surface area contributed by atoms with Crippen molar-refractivity contribution in [2.45, 2.75) is 13.8 Å². The van der Waals surface area contributed by atoms with Crippen LogP contribution >= 0.6 is 0 Å². The number of methoxy groups -OCH3 is 1. The Morgan fingerprint density at radius 3 is 2.74 bits per heavy atom. The van der Waals surface area contributed by atoms with Crippen LogP contribution in [0, 0.1) is 13.8 Å². The third kappa shape index (κ3) is 4.89. The summed E-state index contributed by atoms with van der Waals surface area (Å²) in [5.41, 5.74) is 2.89. The minimum absolute atomic E-state index is 0.0655. The molecule has 0 fully saturated rings. The van der Waals surface area contributed by atoms with E-state index in [4.69, 9.17) is 9.84 Å². The third-order valence-electron chi connectivity index (χ3n) is 2.86. The zero-order chi connectivity index (χ0) is 14.3. The third-order valence-corrected chi connectivity index (χ3v) is 2.86. The lowest BCUT2D eigenvalue weighted by Crippen LogP contribution is -2.39. The van der Waals surface area contributed by atoms with Crippen molar-refractivity contribution in [3.8, 4) is 0 Å². The van der Waals surface area contributed by atoms with Crippen LogP contribution in [0.4, 0.5) is 10.5 Å². The van der Waals surface area contributed by atoms with Crippen molar-refractivity contribution in [3.05, 3.63) is 29.3 Å². The molecular formula is C14H22N2O3. The molecule has 0 aromatic heterocycles. The molecule has 0 unspecified atom stereocenters. The number of hydrogen-bond acceptors (Lipinski definition) is 3. The van der Waals surface area contributed by atoms with Crippen molar-refractivity contribution in [1.29, 1.82) is 0 Å². The fraction of sp³-hybridized carbons (Fsp3) is 0.500. The topological polar surface area (TPSA) is 61.8 Å². The maximum absolute atomic E-state index is 12.1. The van der Waals surface area contributed by atoms with Gasteiger partial charge in [0, 0.05) is 25.9 Å². The van der Waals surface area contributed by atoms with Gasteiger partial charge in [0.25, 0.3) is 0 Å². The zero-order valence-corrected chi connectivity index (χ0v) is 11.8. The fourth-order valence-corrected chi connectivity index (χ4v) is 1.70. The van der Waals surface area contributed by atoms with Crippen LogP contribution < -0.4 is 5.32 Å². The van der Waals surface area contributed by atoms with Gasteiger partial charge in [-0.15, -0.1) is 0 Å².